The molecule has 3 N–H and O–H groups in total. The van der Waals surface area contributed by atoms with E-state index in [4.69, 9.17) is 5.26 Å². The molecule has 0 saturated carbocycles. The Labute approximate surface area is 156 Å². The van der Waals surface area contributed by atoms with Crippen LogP contribution in [0.4, 0.5) is 0 Å². The molecule has 1 aromatic heterocycles. The highest BCUT2D eigenvalue weighted by Crippen LogP contribution is 2.19. The van der Waals surface area contributed by atoms with Crippen molar-refractivity contribution in [3.8, 4) is 6.07 Å². The van der Waals surface area contributed by atoms with Gasteiger partial charge in [-0.3, -0.25) is 4.79 Å². The van der Waals surface area contributed by atoms with Crippen LogP contribution >= 0.6 is 0 Å². The fourth-order valence-electron chi connectivity index (χ4n) is 2.83. The lowest BCUT2D eigenvalue weighted by molar-refractivity contribution is -0.122. The number of amides is 1. The fourth-order valence-corrected chi connectivity index (χ4v) is 3.83. The first-order chi connectivity index (χ1) is 12.9. The third kappa shape index (κ3) is 4.30. The van der Waals surface area contributed by atoms with E-state index in [-0.39, 0.29) is 29.4 Å². The summed E-state index contributed by atoms with van der Waals surface area (Å²) in [5.41, 5.74) is 0.854. The number of benzene rings is 1. The van der Waals surface area contributed by atoms with E-state index in [0.29, 0.717) is 24.2 Å². The van der Waals surface area contributed by atoms with Crippen LogP contribution in [-0.4, -0.2) is 49.0 Å². The number of likely N-dealkylation sites (N-methyl/N-ethyl adjacent to an activating group) is 1. The van der Waals surface area contributed by atoms with Crippen LogP contribution < -0.4 is 15.4 Å². The Hall–Kier alpha value is -2.81. The lowest BCUT2D eigenvalue weighted by Crippen LogP contribution is -2.38. The molecular formula is C16H19N7O3S. The van der Waals surface area contributed by atoms with Gasteiger partial charge in [-0.1, -0.05) is 5.21 Å². The molecule has 27 heavy (non-hydrogen) atoms. The maximum absolute atomic E-state index is 12.3. The van der Waals surface area contributed by atoms with E-state index < -0.39 is 10.0 Å². The molecule has 3 rings (SSSR count). The van der Waals surface area contributed by atoms with Gasteiger partial charge < -0.3 is 10.6 Å². The highest BCUT2D eigenvalue weighted by atomic mass is 32.2. The zero-order valence-corrected chi connectivity index (χ0v) is 15.4. The molecule has 142 valence electrons. The number of nitriles is 1. The SMILES string of the molecule is CNC(=O)[C@@H]1C[C@H](n2cc(CNS(=O)(=O)c3ccc(C#N)cc3)nn2)CN1. The topological polar surface area (TPSA) is 142 Å². The quantitative estimate of drug-likeness (QED) is 0.592. The lowest BCUT2D eigenvalue weighted by Gasteiger charge is -2.09. The summed E-state index contributed by atoms with van der Waals surface area (Å²) in [6.07, 6.45) is 2.25. The molecule has 10 nitrogen and oxygen atoms in total. The minimum Gasteiger partial charge on any atom is -0.358 e. The number of rotatable bonds is 6. The number of carbonyl (C=O) groups is 1. The van der Waals surface area contributed by atoms with Crippen molar-refractivity contribution in [2.24, 2.45) is 0 Å². The third-order valence-electron chi connectivity index (χ3n) is 4.34. The van der Waals surface area contributed by atoms with E-state index in [1.165, 1.54) is 24.3 Å². The predicted octanol–water partition coefficient (Wildman–Crippen LogP) is -0.723. The van der Waals surface area contributed by atoms with Crippen LogP contribution in [0.5, 0.6) is 0 Å². The van der Waals surface area contributed by atoms with E-state index in [0.717, 1.165) is 0 Å². The van der Waals surface area contributed by atoms with Crippen molar-refractivity contribution in [2.45, 2.75) is 29.9 Å². The summed E-state index contributed by atoms with van der Waals surface area (Å²) in [6.45, 7) is 0.569. The lowest BCUT2D eigenvalue weighted by atomic mass is 10.1. The van der Waals surface area contributed by atoms with Gasteiger partial charge in [-0.2, -0.15) is 5.26 Å². The van der Waals surface area contributed by atoms with E-state index in [9.17, 15) is 13.2 Å². The standard InChI is InChI=1S/C16H19N7O3S/c1-18-16(24)15-6-13(9-19-15)23-10-12(21-22-23)8-20-27(25,26)14-4-2-11(7-17)3-5-14/h2-5,10,13,15,19-20H,6,8-9H2,1H3,(H,18,24)/t13-,15-/m0/s1. The van der Waals surface area contributed by atoms with Crippen molar-refractivity contribution in [1.82, 2.24) is 30.3 Å². The molecule has 2 heterocycles. The fraction of sp³-hybridized carbons (Fsp3) is 0.375. The second kappa shape index (κ2) is 7.83. The van der Waals surface area contributed by atoms with Crippen LogP contribution in [0.2, 0.25) is 0 Å². The molecule has 11 heteroatoms. The largest absolute Gasteiger partial charge is 0.358 e. The Morgan fingerprint density at radius 2 is 2.15 bits per heavy atom. The van der Waals surface area contributed by atoms with Crippen LogP contribution in [0.25, 0.3) is 0 Å². The number of aromatic nitrogens is 3. The first kappa shape index (κ1) is 19.0. The Morgan fingerprint density at radius 3 is 2.81 bits per heavy atom. The maximum Gasteiger partial charge on any atom is 0.240 e. The Balaban J connectivity index is 1.61. The highest BCUT2D eigenvalue weighted by molar-refractivity contribution is 7.89. The molecule has 0 aliphatic carbocycles. The van der Waals surface area contributed by atoms with E-state index in [2.05, 4.69) is 25.7 Å². The number of carbonyl (C=O) groups excluding carboxylic acids is 1. The molecule has 1 amide bonds. The summed E-state index contributed by atoms with van der Waals surface area (Å²) in [4.78, 5) is 11.7. The summed E-state index contributed by atoms with van der Waals surface area (Å²) < 4.78 is 28.7. The molecule has 1 aliphatic rings. The Kier molecular flexibility index (Phi) is 5.50. The van der Waals surface area contributed by atoms with Crippen LogP contribution in [0, 0.1) is 11.3 Å². The second-order valence-corrected chi connectivity index (χ2v) is 7.88. The van der Waals surface area contributed by atoms with Gasteiger partial charge >= 0.3 is 0 Å². The van der Waals surface area contributed by atoms with Gasteiger partial charge in [0.15, 0.2) is 0 Å². The van der Waals surface area contributed by atoms with E-state index in [1.54, 1.807) is 17.9 Å². The molecule has 0 spiro atoms. The van der Waals surface area contributed by atoms with Gasteiger partial charge in [0, 0.05) is 13.6 Å². The molecule has 2 aromatic rings. The van der Waals surface area contributed by atoms with Crippen LogP contribution in [-0.2, 0) is 21.4 Å². The molecule has 1 saturated heterocycles. The van der Waals surface area contributed by atoms with Crippen LogP contribution in [0.1, 0.15) is 23.7 Å². The van der Waals surface area contributed by atoms with Gasteiger partial charge in [-0.25, -0.2) is 17.8 Å². The molecule has 0 bridgehead atoms. The average Bonchev–Trinajstić information content (AvgIpc) is 3.35. The van der Waals surface area contributed by atoms with Crippen LogP contribution in [0.15, 0.2) is 35.4 Å². The van der Waals surface area contributed by atoms with Crippen molar-refractivity contribution < 1.29 is 13.2 Å². The van der Waals surface area contributed by atoms with Gasteiger partial charge in [-0.15, -0.1) is 5.10 Å². The van der Waals surface area contributed by atoms with E-state index in [1.807, 2.05) is 6.07 Å². The first-order valence-electron chi connectivity index (χ1n) is 8.28. The monoisotopic (exact) mass is 389 g/mol. The van der Waals surface area contributed by atoms with Crippen molar-refractivity contribution in [3.63, 3.8) is 0 Å². The molecule has 2 atom stereocenters. The second-order valence-electron chi connectivity index (χ2n) is 6.12. The van der Waals surface area contributed by atoms with Crippen molar-refractivity contribution in [1.29, 1.82) is 5.26 Å². The van der Waals surface area contributed by atoms with Gasteiger partial charge in [0.25, 0.3) is 0 Å². The zero-order valence-electron chi connectivity index (χ0n) is 14.6. The highest BCUT2D eigenvalue weighted by Gasteiger charge is 2.30. The Bertz CT molecular complexity index is 963. The van der Waals surface area contributed by atoms with Crippen molar-refractivity contribution in [3.05, 3.63) is 41.7 Å². The third-order valence-corrected chi connectivity index (χ3v) is 5.76. The molecule has 1 aliphatic heterocycles. The normalized spacial score (nSPS) is 19.6. The average molecular weight is 389 g/mol. The zero-order chi connectivity index (χ0) is 19.4. The minimum absolute atomic E-state index is 0.0125. The van der Waals surface area contributed by atoms with Gasteiger partial charge in [0.1, 0.15) is 0 Å². The molecule has 0 radical (unpaired) electrons. The minimum atomic E-state index is -3.72. The Morgan fingerprint density at radius 1 is 1.41 bits per heavy atom. The molecule has 1 fully saturated rings. The molecular weight excluding hydrogens is 370 g/mol. The van der Waals surface area contributed by atoms with Gasteiger partial charge in [0.2, 0.25) is 15.9 Å². The maximum atomic E-state index is 12.3. The number of sulfonamides is 1. The predicted molar refractivity (Wildman–Crippen MR) is 94.7 cm³/mol. The van der Waals surface area contributed by atoms with Crippen LogP contribution in [0.3, 0.4) is 0 Å². The number of hydrogen-bond donors (Lipinski definition) is 3. The molecule has 1 aromatic carbocycles. The number of nitrogens with one attached hydrogen (secondary N) is 3. The summed E-state index contributed by atoms with van der Waals surface area (Å²) in [5, 5.41) is 22.5. The number of hydrogen-bond acceptors (Lipinski definition) is 7. The smallest absolute Gasteiger partial charge is 0.240 e. The summed E-state index contributed by atoms with van der Waals surface area (Å²) in [5.74, 6) is -0.0759. The first-order valence-corrected chi connectivity index (χ1v) is 9.77. The number of nitrogens with zero attached hydrogens (tertiary/aromatic N) is 4. The van der Waals surface area contributed by atoms with Gasteiger partial charge in [-0.05, 0) is 30.7 Å². The van der Waals surface area contributed by atoms with Crippen molar-refractivity contribution in [2.75, 3.05) is 13.6 Å². The van der Waals surface area contributed by atoms with Crippen molar-refractivity contribution >= 4 is 15.9 Å². The molecule has 0 unspecified atom stereocenters. The summed E-state index contributed by atoms with van der Waals surface area (Å²) in [7, 11) is -2.13. The van der Waals surface area contributed by atoms with Gasteiger partial charge in [0.05, 0.1) is 47.0 Å². The summed E-state index contributed by atoms with van der Waals surface area (Å²) >= 11 is 0. The van der Waals surface area contributed by atoms with E-state index >= 15 is 0 Å². The summed E-state index contributed by atoms with van der Waals surface area (Å²) in [6, 6.07) is 7.28.